The maximum atomic E-state index is 5.21. The molecule has 0 N–H and O–H groups in total. The van der Waals surface area contributed by atoms with Crippen molar-refractivity contribution in [3.05, 3.63) is 211 Å². The number of amidine groups is 1. The molecule has 0 aliphatic carbocycles. The molecule has 0 bridgehead atoms. The molecule has 3 nitrogen and oxygen atoms in total. The minimum atomic E-state index is -0.0931. The highest BCUT2D eigenvalue weighted by molar-refractivity contribution is 7.26. The van der Waals surface area contributed by atoms with E-state index in [0.29, 0.717) is 0 Å². The van der Waals surface area contributed by atoms with Crippen LogP contribution in [0.25, 0.3) is 75.2 Å². The highest BCUT2D eigenvalue weighted by atomic mass is 32.1. The summed E-state index contributed by atoms with van der Waals surface area (Å²) in [5.41, 5.74) is 11.8. The third kappa shape index (κ3) is 4.92. The van der Waals surface area contributed by atoms with Crippen LogP contribution in [0.15, 0.2) is 194 Å². The number of aromatic nitrogens is 1. The molecule has 0 saturated heterocycles. The zero-order valence-corrected chi connectivity index (χ0v) is 30.1. The number of benzene rings is 8. The molecule has 1 unspecified atom stereocenters. The normalized spacial score (nSPS) is 14.2. The molecule has 0 radical (unpaired) electrons. The Hall–Kier alpha value is -6.75. The van der Waals surface area contributed by atoms with Gasteiger partial charge in [0.1, 0.15) is 5.84 Å². The van der Waals surface area contributed by atoms with Gasteiger partial charge in [-0.3, -0.25) is 4.58 Å². The Morgan fingerprint density at radius 2 is 1.13 bits per heavy atom. The predicted molar refractivity (Wildman–Crippen MR) is 228 cm³/mol. The smallest absolute Gasteiger partial charge is 0.154 e. The third-order valence-electron chi connectivity index (χ3n) is 10.8. The van der Waals surface area contributed by atoms with Crippen molar-refractivity contribution in [2.24, 2.45) is 0 Å². The summed E-state index contributed by atoms with van der Waals surface area (Å²) in [5, 5.41) is 10.4. The molecule has 11 rings (SSSR count). The molecular weight excluding hydrogens is 675 g/mol. The van der Waals surface area contributed by atoms with Crippen LogP contribution in [0.4, 0.5) is 5.69 Å². The van der Waals surface area contributed by atoms with Gasteiger partial charge in [0.25, 0.3) is 0 Å². The van der Waals surface area contributed by atoms with E-state index in [2.05, 4.69) is 203 Å². The molecule has 3 heterocycles. The van der Waals surface area contributed by atoms with E-state index in [1.807, 2.05) is 11.3 Å². The summed E-state index contributed by atoms with van der Waals surface area (Å²) < 4.78 is 7.44. The summed E-state index contributed by atoms with van der Waals surface area (Å²) in [5.74, 6) is 0.979. The molecule has 8 aromatic carbocycles. The average molecular weight is 708 g/mol. The second kappa shape index (κ2) is 12.4. The summed E-state index contributed by atoms with van der Waals surface area (Å²) >= 11 is 1.88. The second-order valence-electron chi connectivity index (χ2n) is 13.9. The Morgan fingerprint density at radius 1 is 0.463 bits per heavy atom. The zero-order chi connectivity index (χ0) is 35.6. The van der Waals surface area contributed by atoms with Crippen LogP contribution in [0, 0.1) is 0 Å². The van der Waals surface area contributed by atoms with Crippen LogP contribution in [0.5, 0.6) is 0 Å². The lowest BCUT2D eigenvalue weighted by Crippen LogP contribution is -2.33. The first-order valence-electron chi connectivity index (χ1n) is 18.4. The molecule has 254 valence electrons. The van der Waals surface area contributed by atoms with Gasteiger partial charge in [0.05, 0.1) is 11.0 Å². The molecule has 1 aliphatic rings. The topological polar surface area (TPSA) is 22.0 Å². The van der Waals surface area contributed by atoms with Crippen molar-refractivity contribution in [3.63, 3.8) is 0 Å². The third-order valence-corrected chi connectivity index (χ3v) is 12.0. The van der Waals surface area contributed by atoms with Crippen LogP contribution in [-0.4, -0.2) is 15.0 Å². The van der Waals surface area contributed by atoms with Gasteiger partial charge >= 0.3 is 0 Å². The van der Waals surface area contributed by atoms with Crippen LogP contribution < -0.4 is 0 Å². The molecule has 0 spiro atoms. The molecular formula is C50H33N3S. The molecule has 1 aliphatic heterocycles. The average Bonchev–Trinajstić information content (AvgIpc) is 3.77. The minimum Gasteiger partial charge on any atom is -0.309 e. The Bertz CT molecular complexity index is 3060. The first kappa shape index (κ1) is 30.8. The number of hydrogen-bond acceptors (Lipinski definition) is 1. The summed E-state index contributed by atoms with van der Waals surface area (Å²) in [6.07, 6.45) is -0.0931. The summed E-state index contributed by atoms with van der Waals surface area (Å²) in [7, 11) is 0. The van der Waals surface area contributed by atoms with Crippen molar-refractivity contribution in [1.29, 1.82) is 0 Å². The van der Waals surface area contributed by atoms with E-state index in [-0.39, 0.29) is 6.17 Å². The van der Waals surface area contributed by atoms with Crippen molar-refractivity contribution in [2.75, 3.05) is 0 Å². The molecule has 1 atom stereocenters. The fraction of sp³-hybridized carbons (Fsp3) is 0.0200. The Morgan fingerprint density at radius 3 is 1.98 bits per heavy atom. The minimum absolute atomic E-state index is 0.0931. The van der Waals surface area contributed by atoms with Crippen molar-refractivity contribution < 1.29 is 4.58 Å². The molecule has 10 aromatic rings. The summed E-state index contributed by atoms with van der Waals surface area (Å²) in [6.45, 7) is 0. The van der Waals surface area contributed by atoms with Gasteiger partial charge in [-0.25, -0.2) is 5.32 Å². The first-order valence-corrected chi connectivity index (χ1v) is 19.2. The summed E-state index contributed by atoms with van der Waals surface area (Å²) in [6, 6.07) is 70.1. The Balaban J connectivity index is 1.02. The van der Waals surface area contributed by atoms with E-state index in [4.69, 9.17) is 5.32 Å². The Kier molecular flexibility index (Phi) is 7.10. The largest absolute Gasteiger partial charge is 0.309 e. The van der Waals surface area contributed by atoms with Crippen molar-refractivity contribution in [1.82, 2.24) is 4.57 Å². The summed E-state index contributed by atoms with van der Waals surface area (Å²) in [4.78, 5) is 0. The Labute approximate surface area is 317 Å². The van der Waals surface area contributed by atoms with Crippen LogP contribution in [0.1, 0.15) is 17.3 Å². The van der Waals surface area contributed by atoms with Crippen molar-refractivity contribution in [3.8, 4) is 27.9 Å². The zero-order valence-electron chi connectivity index (χ0n) is 29.3. The maximum absolute atomic E-state index is 5.21. The first-order chi connectivity index (χ1) is 26.8. The lowest BCUT2D eigenvalue weighted by Gasteiger charge is -2.37. The van der Waals surface area contributed by atoms with Gasteiger partial charge in [-0.05, 0) is 82.4 Å². The highest BCUT2D eigenvalue weighted by Gasteiger charge is 2.32. The number of para-hydroxylation sites is 1. The predicted octanol–water partition coefficient (Wildman–Crippen LogP) is 13.7. The van der Waals surface area contributed by atoms with Crippen molar-refractivity contribution >= 4 is 64.8 Å². The number of fused-ring (bicyclic) bond motifs is 6. The fourth-order valence-electron chi connectivity index (χ4n) is 8.25. The van der Waals surface area contributed by atoms with E-state index in [0.717, 1.165) is 22.8 Å². The SMILES string of the molecule is c1ccc(-c2cccc(C3=[N+](c4ccc(-n5c6ccccc6c6cc(-c7cccc8c7sc7ccccc78)ccc65)cc4)C(c4ccccc4)[N-]3)c2)cc1. The maximum Gasteiger partial charge on any atom is 0.154 e. The number of hydrogen-bond donors (Lipinski definition) is 0. The number of nitrogens with zero attached hydrogens (tertiary/aromatic N) is 3. The molecule has 54 heavy (non-hydrogen) atoms. The van der Waals surface area contributed by atoms with E-state index in [9.17, 15) is 0 Å². The van der Waals surface area contributed by atoms with Crippen molar-refractivity contribution in [2.45, 2.75) is 6.17 Å². The van der Waals surface area contributed by atoms with Crippen LogP contribution in [0.2, 0.25) is 0 Å². The van der Waals surface area contributed by atoms with Gasteiger partial charge in [0.15, 0.2) is 6.17 Å². The monoisotopic (exact) mass is 707 g/mol. The lowest BCUT2D eigenvalue weighted by atomic mass is 10.00. The molecule has 2 aromatic heterocycles. The van der Waals surface area contributed by atoms with E-state index < -0.39 is 0 Å². The number of rotatable bonds is 6. The van der Waals surface area contributed by atoms with E-state index in [1.165, 1.54) is 69.8 Å². The quantitative estimate of drug-likeness (QED) is 0.154. The van der Waals surface area contributed by atoms with Gasteiger partial charge in [-0.15, -0.1) is 11.3 Å². The van der Waals surface area contributed by atoms with Gasteiger partial charge in [-0.1, -0.05) is 140 Å². The molecule has 0 amide bonds. The fourth-order valence-corrected chi connectivity index (χ4v) is 9.48. The van der Waals surface area contributed by atoms with Crippen LogP contribution in [0.3, 0.4) is 0 Å². The van der Waals surface area contributed by atoms with Crippen LogP contribution in [-0.2, 0) is 0 Å². The standard InChI is InChI=1S/C50H33N3S/c1-3-13-33(14-4-1)35-17-11-18-37(31-35)50-51-49(34-15-5-2-6-16-34)53(50)39-28-26-38(27-29-39)52-45-23-9-7-19-41(45)44-32-36(25-30-46(44)52)40-21-12-22-43-42-20-8-10-24-47(42)54-48(40)43/h1-32,49H. The lowest BCUT2D eigenvalue weighted by molar-refractivity contribution is -0.501. The number of thiophene rings is 1. The van der Waals surface area contributed by atoms with E-state index in [1.54, 1.807) is 0 Å². The molecule has 0 saturated carbocycles. The second-order valence-corrected chi connectivity index (χ2v) is 15.0. The van der Waals surface area contributed by atoms with Gasteiger partial charge in [0, 0.05) is 47.9 Å². The molecule has 4 heteroatoms. The van der Waals surface area contributed by atoms with E-state index >= 15 is 0 Å². The highest BCUT2D eigenvalue weighted by Crippen LogP contribution is 2.43. The van der Waals surface area contributed by atoms with Gasteiger partial charge in [-0.2, -0.15) is 0 Å². The van der Waals surface area contributed by atoms with Gasteiger partial charge in [0.2, 0.25) is 0 Å². The molecule has 0 fully saturated rings. The van der Waals surface area contributed by atoms with Gasteiger partial charge < -0.3 is 4.57 Å². The van der Waals surface area contributed by atoms with Crippen LogP contribution >= 0.6 is 11.3 Å².